The first-order valence-corrected chi connectivity index (χ1v) is 7.76. The van der Waals surface area contributed by atoms with Crippen LogP contribution in [0.2, 0.25) is 0 Å². The fourth-order valence-electron chi connectivity index (χ4n) is 2.83. The molecule has 2 heterocycles. The lowest BCUT2D eigenvalue weighted by atomic mass is 10.1. The summed E-state index contributed by atoms with van der Waals surface area (Å²) in [6, 6.07) is 11.7. The fourth-order valence-corrected chi connectivity index (χ4v) is 2.83. The molecule has 4 aromatic rings. The summed E-state index contributed by atoms with van der Waals surface area (Å²) >= 11 is 0. The first-order valence-electron chi connectivity index (χ1n) is 7.76. The number of pyridine rings is 1. The van der Waals surface area contributed by atoms with Gasteiger partial charge in [-0.2, -0.15) is 0 Å². The van der Waals surface area contributed by atoms with Crippen LogP contribution in [0.25, 0.3) is 21.7 Å². The third kappa shape index (κ3) is 2.67. The van der Waals surface area contributed by atoms with Crippen molar-refractivity contribution in [2.24, 2.45) is 0 Å². The second-order valence-electron chi connectivity index (χ2n) is 5.47. The molecule has 0 bridgehead atoms. The van der Waals surface area contributed by atoms with E-state index in [1.807, 2.05) is 42.6 Å². The number of hydrogen-bond acceptors (Lipinski definition) is 6. The van der Waals surface area contributed by atoms with Crippen molar-refractivity contribution in [3.8, 4) is 11.5 Å². The summed E-state index contributed by atoms with van der Waals surface area (Å²) in [7, 11) is 3.21. The molecule has 0 aliphatic carbocycles. The molecule has 0 spiro atoms. The number of rotatable bonds is 4. The minimum Gasteiger partial charge on any atom is -0.493 e. The summed E-state index contributed by atoms with van der Waals surface area (Å²) in [6.07, 6.45) is 5.15. The molecule has 0 radical (unpaired) electrons. The van der Waals surface area contributed by atoms with Gasteiger partial charge in [-0.25, -0.2) is 9.97 Å². The fraction of sp³-hybridized carbons (Fsp3) is 0.105. The second-order valence-corrected chi connectivity index (χ2v) is 5.47. The van der Waals surface area contributed by atoms with Crippen LogP contribution in [0.15, 0.2) is 55.1 Å². The van der Waals surface area contributed by atoms with Gasteiger partial charge >= 0.3 is 0 Å². The number of methoxy groups -OCH3 is 2. The summed E-state index contributed by atoms with van der Waals surface area (Å²) in [5.74, 6) is 1.96. The van der Waals surface area contributed by atoms with Crippen LogP contribution >= 0.6 is 0 Å². The molecular weight excluding hydrogens is 316 g/mol. The van der Waals surface area contributed by atoms with Crippen LogP contribution < -0.4 is 14.8 Å². The molecule has 0 atom stereocenters. The Hall–Kier alpha value is -3.41. The Morgan fingerprint density at radius 3 is 2.60 bits per heavy atom. The zero-order chi connectivity index (χ0) is 17.2. The molecular formula is C19H16N4O2. The quantitative estimate of drug-likeness (QED) is 0.610. The lowest BCUT2D eigenvalue weighted by molar-refractivity contribution is 0.356. The zero-order valence-corrected chi connectivity index (χ0v) is 13.9. The number of ether oxygens (including phenoxy) is 2. The molecule has 1 N–H and O–H groups in total. The minimum absolute atomic E-state index is 0.632. The largest absolute Gasteiger partial charge is 0.493 e. The van der Waals surface area contributed by atoms with Crippen LogP contribution in [0, 0.1) is 0 Å². The highest BCUT2D eigenvalue weighted by Crippen LogP contribution is 2.35. The average molecular weight is 332 g/mol. The van der Waals surface area contributed by atoms with Crippen molar-refractivity contribution in [3.63, 3.8) is 0 Å². The van der Waals surface area contributed by atoms with E-state index in [9.17, 15) is 0 Å². The molecule has 6 nitrogen and oxygen atoms in total. The Balaban J connectivity index is 1.86. The summed E-state index contributed by atoms with van der Waals surface area (Å²) in [5.41, 5.74) is 1.70. The number of benzene rings is 2. The molecule has 0 saturated carbocycles. The van der Waals surface area contributed by atoms with Crippen LogP contribution in [0.3, 0.4) is 0 Å². The second kappa shape index (κ2) is 6.24. The average Bonchev–Trinajstić information content (AvgIpc) is 2.67. The summed E-state index contributed by atoms with van der Waals surface area (Å²) in [6.45, 7) is 0. The highest BCUT2D eigenvalue weighted by Gasteiger charge is 2.12. The SMILES string of the molecule is COc1cc2ncnc(Nc3cccc4ccncc34)c2cc1OC. The number of nitrogens with zero attached hydrogens (tertiary/aromatic N) is 3. The standard InChI is InChI=1S/C19H16N4O2/c1-24-17-8-13-16(9-18(17)25-2)21-11-22-19(13)23-15-5-3-4-12-6-7-20-10-14(12)15/h3-11H,1-2H3,(H,21,22,23). The lowest BCUT2D eigenvalue weighted by Gasteiger charge is -2.13. The van der Waals surface area contributed by atoms with Gasteiger partial charge in [-0.15, -0.1) is 0 Å². The lowest BCUT2D eigenvalue weighted by Crippen LogP contribution is -1.98. The van der Waals surface area contributed by atoms with E-state index >= 15 is 0 Å². The Labute approximate surface area is 144 Å². The number of anilines is 2. The normalized spacial score (nSPS) is 10.8. The predicted octanol–water partition coefficient (Wildman–Crippen LogP) is 3.94. The maximum absolute atomic E-state index is 5.40. The van der Waals surface area contributed by atoms with Crippen molar-refractivity contribution in [3.05, 3.63) is 55.1 Å². The number of fused-ring (bicyclic) bond motifs is 2. The Kier molecular flexibility index (Phi) is 3.78. The molecule has 0 unspecified atom stereocenters. The number of hydrogen-bond donors (Lipinski definition) is 1. The highest BCUT2D eigenvalue weighted by molar-refractivity contribution is 5.98. The van der Waals surface area contributed by atoms with Crippen molar-refractivity contribution in [1.29, 1.82) is 0 Å². The third-order valence-corrected chi connectivity index (χ3v) is 4.08. The van der Waals surface area contributed by atoms with Crippen LogP contribution in [0.5, 0.6) is 11.5 Å². The van der Waals surface area contributed by atoms with Gasteiger partial charge in [0.15, 0.2) is 11.5 Å². The van der Waals surface area contributed by atoms with Gasteiger partial charge in [-0.1, -0.05) is 12.1 Å². The van der Waals surface area contributed by atoms with E-state index in [2.05, 4.69) is 20.3 Å². The van der Waals surface area contributed by atoms with E-state index in [0.717, 1.165) is 27.4 Å². The van der Waals surface area contributed by atoms with Gasteiger partial charge in [0.25, 0.3) is 0 Å². The van der Waals surface area contributed by atoms with Gasteiger partial charge in [0.05, 0.1) is 19.7 Å². The Morgan fingerprint density at radius 2 is 1.76 bits per heavy atom. The maximum Gasteiger partial charge on any atom is 0.162 e. The third-order valence-electron chi connectivity index (χ3n) is 4.08. The van der Waals surface area contributed by atoms with E-state index in [1.54, 1.807) is 20.4 Å². The molecule has 6 heteroatoms. The van der Waals surface area contributed by atoms with E-state index in [1.165, 1.54) is 6.33 Å². The van der Waals surface area contributed by atoms with Crippen LogP contribution in [0.1, 0.15) is 0 Å². The van der Waals surface area contributed by atoms with Gasteiger partial charge < -0.3 is 14.8 Å². The Bertz CT molecular complexity index is 1060. The van der Waals surface area contributed by atoms with Crippen molar-refractivity contribution in [2.75, 3.05) is 19.5 Å². The van der Waals surface area contributed by atoms with Crippen LogP contribution in [0.4, 0.5) is 11.5 Å². The van der Waals surface area contributed by atoms with Crippen LogP contribution in [-0.2, 0) is 0 Å². The highest BCUT2D eigenvalue weighted by atomic mass is 16.5. The molecule has 0 aliphatic heterocycles. The zero-order valence-electron chi connectivity index (χ0n) is 13.9. The molecule has 2 aromatic heterocycles. The molecule has 2 aromatic carbocycles. The molecule has 0 fully saturated rings. The van der Waals surface area contributed by atoms with Crippen molar-refractivity contribution < 1.29 is 9.47 Å². The van der Waals surface area contributed by atoms with Crippen molar-refractivity contribution in [1.82, 2.24) is 15.0 Å². The van der Waals surface area contributed by atoms with Gasteiger partial charge in [0.2, 0.25) is 0 Å². The van der Waals surface area contributed by atoms with Crippen LogP contribution in [-0.4, -0.2) is 29.2 Å². The minimum atomic E-state index is 0.632. The monoisotopic (exact) mass is 332 g/mol. The van der Waals surface area contributed by atoms with Gasteiger partial charge in [-0.05, 0) is 23.6 Å². The maximum atomic E-state index is 5.40. The molecule has 4 rings (SSSR count). The molecule has 0 aliphatic rings. The van der Waals surface area contributed by atoms with Gasteiger partial charge in [-0.3, -0.25) is 4.98 Å². The smallest absolute Gasteiger partial charge is 0.162 e. The van der Waals surface area contributed by atoms with E-state index < -0.39 is 0 Å². The predicted molar refractivity (Wildman–Crippen MR) is 97.7 cm³/mol. The van der Waals surface area contributed by atoms with Gasteiger partial charge in [0, 0.05) is 34.9 Å². The molecule has 25 heavy (non-hydrogen) atoms. The molecule has 0 saturated heterocycles. The number of nitrogens with one attached hydrogen (secondary N) is 1. The number of aromatic nitrogens is 3. The summed E-state index contributed by atoms with van der Waals surface area (Å²) < 4.78 is 10.7. The van der Waals surface area contributed by atoms with Crippen molar-refractivity contribution in [2.45, 2.75) is 0 Å². The van der Waals surface area contributed by atoms with Crippen molar-refractivity contribution >= 4 is 33.2 Å². The van der Waals surface area contributed by atoms with E-state index in [0.29, 0.717) is 17.3 Å². The Morgan fingerprint density at radius 1 is 0.920 bits per heavy atom. The van der Waals surface area contributed by atoms with E-state index in [-0.39, 0.29) is 0 Å². The first-order chi connectivity index (χ1) is 12.3. The molecule has 124 valence electrons. The summed E-state index contributed by atoms with van der Waals surface area (Å²) in [4.78, 5) is 12.9. The topological polar surface area (TPSA) is 69.2 Å². The summed E-state index contributed by atoms with van der Waals surface area (Å²) in [5, 5.41) is 6.37. The first kappa shape index (κ1) is 15.1. The van der Waals surface area contributed by atoms with Gasteiger partial charge in [0.1, 0.15) is 12.1 Å². The van der Waals surface area contributed by atoms with E-state index in [4.69, 9.17) is 9.47 Å². The molecule has 0 amide bonds.